The third-order valence-electron chi connectivity index (χ3n) is 3.96. The van der Waals surface area contributed by atoms with Crippen LogP contribution in [0.15, 0.2) is 67.0 Å². The minimum Gasteiger partial charge on any atom is -0.492 e. The van der Waals surface area contributed by atoms with Gasteiger partial charge in [-0.2, -0.15) is 5.10 Å². The second-order valence-corrected chi connectivity index (χ2v) is 6.49. The molecule has 140 valence electrons. The van der Waals surface area contributed by atoms with E-state index in [1.165, 1.54) is 0 Å². The predicted octanol–water partition coefficient (Wildman–Crippen LogP) is 4.13. The highest BCUT2D eigenvalue weighted by atomic mass is 35.5. The molecule has 2 aromatic carbocycles. The molecule has 0 saturated heterocycles. The van der Waals surface area contributed by atoms with Crippen LogP contribution in [0, 0.1) is 0 Å². The number of rotatable bonds is 7. The summed E-state index contributed by atoms with van der Waals surface area (Å²) in [7, 11) is 1.73. The molecule has 0 radical (unpaired) electrons. The van der Waals surface area contributed by atoms with E-state index < -0.39 is 0 Å². The van der Waals surface area contributed by atoms with Crippen LogP contribution in [0.4, 0.5) is 10.5 Å². The minimum absolute atomic E-state index is 0.186. The maximum atomic E-state index is 12.3. The highest BCUT2D eigenvalue weighted by molar-refractivity contribution is 6.30. The maximum Gasteiger partial charge on any atom is 0.321 e. The Bertz CT molecular complexity index is 849. The van der Waals surface area contributed by atoms with Crippen molar-refractivity contribution in [3.63, 3.8) is 0 Å². The van der Waals surface area contributed by atoms with E-state index in [-0.39, 0.29) is 6.03 Å². The van der Waals surface area contributed by atoms with Crippen molar-refractivity contribution in [2.75, 3.05) is 25.5 Å². The summed E-state index contributed by atoms with van der Waals surface area (Å²) in [5.41, 5.74) is 1.86. The first kappa shape index (κ1) is 18.8. The van der Waals surface area contributed by atoms with Gasteiger partial charge >= 0.3 is 6.03 Å². The molecule has 0 bridgehead atoms. The van der Waals surface area contributed by atoms with Gasteiger partial charge in [-0.3, -0.25) is 4.68 Å². The van der Waals surface area contributed by atoms with Gasteiger partial charge in [0.15, 0.2) is 0 Å². The number of urea groups is 1. The lowest BCUT2D eigenvalue weighted by Gasteiger charge is -2.18. The predicted molar refractivity (Wildman–Crippen MR) is 106 cm³/mol. The second-order valence-electron chi connectivity index (χ2n) is 6.05. The fourth-order valence-corrected chi connectivity index (χ4v) is 2.55. The van der Waals surface area contributed by atoms with E-state index in [1.54, 1.807) is 42.4 Å². The largest absolute Gasteiger partial charge is 0.492 e. The Hall–Kier alpha value is -2.99. The number of nitrogens with zero attached hydrogens (tertiary/aromatic N) is 3. The summed E-state index contributed by atoms with van der Waals surface area (Å²) in [6, 6.07) is 16.6. The van der Waals surface area contributed by atoms with Gasteiger partial charge < -0.3 is 15.0 Å². The Morgan fingerprint density at radius 3 is 2.59 bits per heavy atom. The smallest absolute Gasteiger partial charge is 0.321 e. The molecule has 0 atom stereocenters. The quantitative estimate of drug-likeness (QED) is 0.666. The Balaban J connectivity index is 1.44. The van der Waals surface area contributed by atoms with Crippen LogP contribution in [0.3, 0.4) is 0 Å². The highest BCUT2D eigenvalue weighted by Gasteiger charge is 2.09. The van der Waals surface area contributed by atoms with Gasteiger partial charge in [0.1, 0.15) is 12.4 Å². The van der Waals surface area contributed by atoms with Crippen LogP contribution in [0.25, 0.3) is 0 Å². The van der Waals surface area contributed by atoms with Crippen LogP contribution in [0.2, 0.25) is 5.02 Å². The average Bonchev–Trinajstić information content (AvgIpc) is 3.18. The van der Waals surface area contributed by atoms with Crippen LogP contribution in [0.5, 0.6) is 5.75 Å². The third kappa shape index (κ3) is 5.76. The van der Waals surface area contributed by atoms with E-state index in [0.717, 1.165) is 17.0 Å². The number of aromatic nitrogens is 2. The van der Waals surface area contributed by atoms with Crippen molar-refractivity contribution >= 4 is 23.3 Å². The lowest BCUT2D eigenvalue weighted by Crippen LogP contribution is -2.34. The molecule has 2 amide bonds. The summed E-state index contributed by atoms with van der Waals surface area (Å²) in [5, 5.41) is 7.72. The van der Waals surface area contributed by atoms with E-state index >= 15 is 0 Å². The number of halogens is 1. The number of hydrogen-bond acceptors (Lipinski definition) is 3. The Morgan fingerprint density at radius 2 is 1.93 bits per heavy atom. The van der Waals surface area contributed by atoms with Crippen LogP contribution < -0.4 is 10.1 Å². The normalized spacial score (nSPS) is 10.4. The number of nitrogens with one attached hydrogen (secondary N) is 1. The third-order valence-corrected chi connectivity index (χ3v) is 4.22. The number of carbonyl (C=O) groups excluding carboxylic acids is 1. The second kappa shape index (κ2) is 9.09. The number of benzene rings is 2. The van der Waals surface area contributed by atoms with Crippen LogP contribution in [0.1, 0.15) is 5.56 Å². The molecule has 3 aromatic rings. The van der Waals surface area contributed by atoms with Gasteiger partial charge in [-0.05, 0) is 48.0 Å². The van der Waals surface area contributed by atoms with E-state index in [9.17, 15) is 4.79 Å². The first-order chi connectivity index (χ1) is 13.1. The van der Waals surface area contributed by atoms with Gasteiger partial charge in [0.2, 0.25) is 0 Å². The van der Waals surface area contributed by atoms with Gasteiger partial charge in [-0.25, -0.2) is 4.79 Å². The SMILES string of the molecule is CN(CCOc1ccc(Cl)cc1)C(=O)Nc1ccc(Cn2cccn2)cc1. The number of hydrogen-bond donors (Lipinski definition) is 1. The van der Waals surface area contributed by atoms with Gasteiger partial charge in [0, 0.05) is 30.2 Å². The fourth-order valence-electron chi connectivity index (χ4n) is 2.43. The lowest BCUT2D eigenvalue weighted by atomic mass is 10.2. The van der Waals surface area contributed by atoms with Crippen LogP contribution in [-0.2, 0) is 6.54 Å². The van der Waals surface area contributed by atoms with Crippen molar-refractivity contribution in [3.05, 3.63) is 77.6 Å². The van der Waals surface area contributed by atoms with Gasteiger partial charge in [-0.15, -0.1) is 0 Å². The molecule has 1 N–H and O–H groups in total. The Labute approximate surface area is 163 Å². The van der Waals surface area contributed by atoms with E-state index in [2.05, 4.69) is 10.4 Å². The van der Waals surface area contributed by atoms with Crippen molar-refractivity contribution in [3.8, 4) is 5.75 Å². The first-order valence-electron chi connectivity index (χ1n) is 8.57. The number of ether oxygens (including phenoxy) is 1. The van der Waals surface area contributed by atoms with Crippen molar-refractivity contribution in [1.82, 2.24) is 14.7 Å². The Kier molecular flexibility index (Phi) is 6.33. The minimum atomic E-state index is -0.186. The standard InChI is InChI=1S/C20H21ClN4O2/c1-24(13-14-27-19-9-5-17(21)6-10-19)20(26)23-18-7-3-16(4-8-18)15-25-12-2-11-22-25/h2-12H,13-15H2,1H3,(H,23,26). The van der Waals surface area contributed by atoms with Crippen LogP contribution in [-0.4, -0.2) is 40.9 Å². The van der Waals surface area contributed by atoms with Gasteiger partial charge in [0.05, 0.1) is 13.1 Å². The summed E-state index contributed by atoms with van der Waals surface area (Å²) >= 11 is 5.84. The first-order valence-corrected chi connectivity index (χ1v) is 8.95. The number of carbonyl (C=O) groups is 1. The van der Waals surface area contributed by atoms with Crippen molar-refractivity contribution < 1.29 is 9.53 Å². The van der Waals surface area contributed by atoms with E-state index in [1.807, 2.05) is 41.2 Å². The molecule has 0 aliphatic rings. The zero-order valence-electron chi connectivity index (χ0n) is 15.0. The molecular formula is C20H21ClN4O2. The van der Waals surface area contributed by atoms with Crippen molar-refractivity contribution in [2.24, 2.45) is 0 Å². The van der Waals surface area contributed by atoms with E-state index in [4.69, 9.17) is 16.3 Å². The zero-order valence-corrected chi connectivity index (χ0v) is 15.8. The fraction of sp³-hybridized carbons (Fsp3) is 0.200. The maximum absolute atomic E-state index is 12.3. The number of anilines is 1. The van der Waals surface area contributed by atoms with Crippen molar-refractivity contribution in [1.29, 1.82) is 0 Å². The monoisotopic (exact) mass is 384 g/mol. The van der Waals surface area contributed by atoms with Crippen molar-refractivity contribution in [2.45, 2.75) is 6.54 Å². The number of amides is 2. The highest BCUT2D eigenvalue weighted by Crippen LogP contribution is 2.15. The summed E-state index contributed by atoms with van der Waals surface area (Å²) < 4.78 is 7.46. The lowest BCUT2D eigenvalue weighted by molar-refractivity contribution is 0.207. The topological polar surface area (TPSA) is 59.4 Å². The molecule has 27 heavy (non-hydrogen) atoms. The summed E-state index contributed by atoms with van der Waals surface area (Å²) in [5.74, 6) is 0.723. The molecular weight excluding hydrogens is 364 g/mol. The zero-order chi connectivity index (χ0) is 19.1. The molecule has 7 heteroatoms. The van der Waals surface area contributed by atoms with Crippen LogP contribution >= 0.6 is 11.6 Å². The van der Waals surface area contributed by atoms with E-state index in [0.29, 0.717) is 24.7 Å². The molecule has 6 nitrogen and oxygen atoms in total. The molecule has 0 fully saturated rings. The van der Waals surface area contributed by atoms with Gasteiger partial charge in [0.25, 0.3) is 0 Å². The molecule has 0 saturated carbocycles. The van der Waals surface area contributed by atoms with Gasteiger partial charge in [-0.1, -0.05) is 23.7 Å². The number of likely N-dealkylation sites (N-methyl/N-ethyl adjacent to an activating group) is 1. The molecule has 0 unspecified atom stereocenters. The molecule has 1 aromatic heterocycles. The average molecular weight is 385 g/mol. The summed E-state index contributed by atoms with van der Waals surface area (Å²) in [4.78, 5) is 13.8. The molecule has 0 spiro atoms. The molecule has 3 rings (SSSR count). The molecule has 0 aliphatic carbocycles. The Morgan fingerprint density at radius 1 is 1.19 bits per heavy atom. The molecule has 1 heterocycles. The molecule has 0 aliphatic heterocycles. The summed E-state index contributed by atoms with van der Waals surface area (Å²) in [6.07, 6.45) is 3.66. The summed E-state index contributed by atoms with van der Waals surface area (Å²) in [6.45, 7) is 1.56.